The summed E-state index contributed by atoms with van der Waals surface area (Å²) in [6.07, 6.45) is 0. The van der Waals surface area contributed by atoms with E-state index < -0.39 is 6.04 Å². The van der Waals surface area contributed by atoms with Crippen molar-refractivity contribution in [2.24, 2.45) is 11.7 Å². The largest absolute Gasteiger partial charge is 0.455 e. The molecule has 146 valence electrons. The lowest BCUT2D eigenvalue weighted by Gasteiger charge is -2.16. The van der Waals surface area contributed by atoms with Gasteiger partial charge >= 0.3 is 0 Å². The van der Waals surface area contributed by atoms with Gasteiger partial charge in [0.25, 0.3) is 0 Å². The van der Waals surface area contributed by atoms with E-state index in [0.717, 1.165) is 0 Å². The van der Waals surface area contributed by atoms with Crippen LogP contribution in [-0.2, 0) is 9.59 Å². The SMILES string of the molecule is CC(C)[C@H](N)C(=O)NCC(=O)Nc1ccccc1Oc1ccc(Cl)cc1.Cl. The van der Waals surface area contributed by atoms with E-state index in [1.54, 1.807) is 48.5 Å². The highest BCUT2D eigenvalue weighted by atomic mass is 35.5. The topological polar surface area (TPSA) is 93.5 Å². The summed E-state index contributed by atoms with van der Waals surface area (Å²) in [6, 6.07) is 13.3. The summed E-state index contributed by atoms with van der Waals surface area (Å²) in [5.74, 6) is 0.328. The number of carbonyl (C=O) groups excluding carboxylic acids is 2. The summed E-state index contributed by atoms with van der Waals surface area (Å²) < 4.78 is 5.78. The van der Waals surface area contributed by atoms with Gasteiger partial charge in [-0.15, -0.1) is 12.4 Å². The van der Waals surface area contributed by atoms with Gasteiger partial charge in [0.15, 0.2) is 5.75 Å². The van der Waals surface area contributed by atoms with E-state index in [1.165, 1.54) is 0 Å². The molecule has 27 heavy (non-hydrogen) atoms. The second-order valence-corrected chi connectivity index (χ2v) is 6.52. The molecular weight excluding hydrogens is 389 g/mol. The van der Waals surface area contributed by atoms with Crippen LogP contribution in [-0.4, -0.2) is 24.4 Å². The van der Waals surface area contributed by atoms with Crippen molar-refractivity contribution in [1.29, 1.82) is 0 Å². The second-order valence-electron chi connectivity index (χ2n) is 6.09. The molecule has 2 rings (SSSR count). The van der Waals surface area contributed by atoms with Gasteiger partial charge in [0, 0.05) is 5.02 Å². The number of nitrogens with one attached hydrogen (secondary N) is 2. The minimum Gasteiger partial charge on any atom is -0.455 e. The molecule has 2 aromatic carbocycles. The summed E-state index contributed by atoms with van der Waals surface area (Å²) in [6.45, 7) is 3.51. The lowest BCUT2D eigenvalue weighted by atomic mass is 10.1. The first kappa shape index (κ1) is 22.8. The van der Waals surface area contributed by atoms with Crippen LogP contribution in [0, 0.1) is 5.92 Å². The zero-order valence-corrected chi connectivity index (χ0v) is 16.6. The summed E-state index contributed by atoms with van der Waals surface area (Å²) >= 11 is 5.86. The fourth-order valence-electron chi connectivity index (χ4n) is 2.07. The number of anilines is 1. The first-order chi connectivity index (χ1) is 12.4. The van der Waals surface area contributed by atoms with Crippen LogP contribution in [0.3, 0.4) is 0 Å². The molecule has 0 unspecified atom stereocenters. The molecule has 0 aromatic heterocycles. The number of hydrogen-bond donors (Lipinski definition) is 3. The van der Waals surface area contributed by atoms with Gasteiger partial charge < -0.3 is 21.1 Å². The number of carbonyl (C=O) groups is 2. The Morgan fingerprint density at radius 2 is 1.74 bits per heavy atom. The molecule has 0 heterocycles. The average Bonchev–Trinajstić information content (AvgIpc) is 2.62. The molecule has 2 aromatic rings. The number of amides is 2. The van der Waals surface area contributed by atoms with Gasteiger partial charge in [0.05, 0.1) is 18.3 Å². The Morgan fingerprint density at radius 1 is 1.11 bits per heavy atom. The van der Waals surface area contributed by atoms with Gasteiger partial charge in [0.2, 0.25) is 11.8 Å². The number of nitrogens with two attached hydrogens (primary N) is 1. The standard InChI is InChI=1S/C19H22ClN3O3.ClH/c1-12(2)18(21)19(25)22-11-17(24)23-15-5-3-4-6-16(15)26-14-9-7-13(20)8-10-14;/h3-10,12,18H,11,21H2,1-2H3,(H,22,25)(H,23,24);1H/t18-;/m0./s1. The molecule has 2 amide bonds. The van der Waals surface area contributed by atoms with Crippen molar-refractivity contribution in [1.82, 2.24) is 5.32 Å². The number of para-hydroxylation sites is 2. The number of rotatable bonds is 7. The van der Waals surface area contributed by atoms with Crippen molar-refractivity contribution in [2.75, 3.05) is 11.9 Å². The van der Waals surface area contributed by atoms with Crippen LogP contribution in [0.2, 0.25) is 5.02 Å². The highest BCUT2D eigenvalue weighted by Crippen LogP contribution is 2.29. The predicted octanol–water partition coefficient (Wildman–Crippen LogP) is 3.59. The Bertz CT molecular complexity index is 767. The van der Waals surface area contributed by atoms with Gasteiger partial charge in [-0.3, -0.25) is 9.59 Å². The van der Waals surface area contributed by atoms with Crippen LogP contribution in [0.4, 0.5) is 5.69 Å². The first-order valence-corrected chi connectivity index (χ1v) is 8.60. The minimum absolute atomic E-state index is 0. The number of ether oxygens (including phenoxy) is 1. The van der Waals surface area contributed by atoms with Gasteiger partial charge in [-0.2, -0.15) is 0 Å². The number of hydrogen-bond acceptors (Lipinski definition) is 4. The van der Waals surface area contributed by atoms with E-state index >= 15 is 0 Å². The first-order valence-electron chi connectivity index (χ1n) is 8.22. The van der Waals surface area contributed by atoms with Crippen molar-refractivity contribution in [3.05, 3.63) is 53.6 Å². The summed E-state index contributed by atoms with van der Waals surface area (Å²) in [7, 11) is 0. The van der Waals surface area contributed by atoms with Crippen LogP contribution < -0.4 is 21.1 Å². The molecule has 0 spiro atoms. The number of benzene rings is 2. The fraction of sp³-hybridized carbons (Fsp3) is 0.263. The van der Waals surface area contributed by atoms with Gasteiger partial charge in [-0.05, 0) is 42.3 Å². The summed E-state index contributed by atoms with van der Waals surface area (Å²) in [4.78, 5) is 23.9. The maximum absolute atomic E-state index is 12.1. The van der Waals surface area contributed by atoms with Crippen molar-refractivity contribution < 1.29 is 14.3 Å². The molecule has 0 fully saturated rings. The third kappa shape index (κ3) is 7.09. The van der Waals surface area contributed by atoms with Gasteiger partial charge in [0.1, 0.15) is 5.75 Å². The van der Waals surface area contributed by atoms with Crippen LogP contribution in [0.25, 0.3) is 0 Å². The van der Waals surface area contributed by atoms with E-state index in [1.807, 2.05) is 13.8 Å². The Balaban J connectivity index is 0.00000364. The molecule has 0 bridgehead atoms. The van der Waals surface area contributed by atoms with E-state index in [-0.39, 0.29) is 36.7 Å². The van der Waals surface area contributed by atoms with E-state index in [9.17, 15) is 9.59 Å². The fourth-order valence-corrected chi connectivity index (χ4v) is 2.20. The third-order valence-electron chi connectivity index (χ3n) is 3.65. The maximum atomic E-state index is 12.1. The van der Waals surface area contributed by atoms with Crippen LogP contribution >= 0.6 is 24.0 Å². The van der Waals surface area contributed by atoms with Gasteiger partial charge in [-0.1, -0.05) is 37.6 Å². The molecule has 0 aliphatic rings. The zero-order valence-electron chi connectivity index (χ0n) is 15.1. The quantitative estimate of drug-likeness (QED) is 0.648. The van der Waals surface area contributed by atoms with Crippen molar-refractivity contribution in [2.45, 2.75) is 19.9 Å². The summed E-state index contributed by atoms with van der Waals surface area (Å²) in [5, 5.41) is 5.85. The van der Waals surface area contributed by atoms with Crippen LogP contribution in [0.5, 0.6) is 11.5 Å². The van der Waals surface area contributed by atoms with E-state index in [0.29, 0.717) is 22.2 Å². The molecule has 0 saturated heterocycles. The lowest BCUT2D eigenvalue weighted by Crippen LogP contribution is -2.46. The highest BCUT2D eigenvalue weighted by molar-refractivity contribution is 6.30. The molecule has 4 N–H and O–H groups in total. The van der Waals surface area contributed by atoms with E-state index in [4.69, 9.17) is 22.1 Å². The van der Waals surface area contributed by atoms with Crippen molar-refractivity contribution in [3.8, 4) is 11.5 Å². The van der Waals surface area contributed by atoms with Crippen molar-refractivity contribution in [3.63, 3.8) is 0 Å². The van der Waals surface area contributed by atoms with Crippen molar-refractivity contribution >= 4 is 41.5 Å². The third-order valence-corrected chi connectivity index (χ3v) is 3.90. The van der Waals surface area contributed by atoms with Crippen LogP contribution in [0.15, 0.2) is 48.5 Å². The Morgan fingerprint density at radius 3 is 2.37 bits per heavy atom. The molecule has 8 heteroatoms. The maximum Gasteiger partial charge on any atom is 0.243 e. The van der Waals surface area contributed by atoms with E-state index in [2.05, 4.69) is 10.6 Å². The predicted molar refractivity (Wildman–Crippen MR) is 110 cm³/mol. The molecule has 0 radical (unpaired) electrons. The normalized spacial score (nSPS) is 11.3. The molecule has 0 aliphatic carbocycles. The smallest absolute Gasteiger partial charge is 0.243 e. The number of halogens is 2. The zero-order chi connectivity index (χ0) is 19.1. The van der Waals surface area contributed by atoms with Crippen LogP contribution in [0.1, 0.15) is 13.8 Å². The molecule has 0 aliphatic heterocycles. The molecular formula is C19H23Cl2N3O3. The summed E-state index contributed by atoms with van der Waals surface area (Å²) in [5.41, 5.74) is 6.24. The lowest BCUT2D eigenvalue weighted by molar-refractivity contribution is -0.125. The Labute approximate surface area is 169 Å². The van der Waals surface area contributed by atoms with Gasteiger partial charge in [-0.25, -0.2) is 0 Å². The molecule has 1 atom stereocenters. The molecule has 6 nitrogen and oxygen atoms in total. The monoisotopic (exact) mass is 411 g/mol. The highest BCUT2D eigenvalue weighted by Gasteiger charge is 2.18. The molecule has 0 saturated carbocycles. The second kappa shape index (κ2) is 10.8. The minimum atomic E-state index is -0.650. The Kier molecular flexibility index (Phi) is 9.08. The Hall–Kier alpha value is -2.28. The average molecular weight is 412 g/mol.